The molecule has 1 aromatic heterocycles. The predicted octanol–water partition coefficient (Wildman–Crippen LogP) is 4.67. The number of aromatic nitrogens is 1. The fraction of sp³-hybridized carbons (Fsp3) is 0.167. The molecule has 130 valence electrons. The minimum atomic E-state index is -3.80. The second kappa shape index (κ2) is 7.56. The van der Waals surface area contributed by atoms with Gasteiger partial charge in [-0.25, -0.2) is 13.4 Å². The zero-order chi connectivity index (χ0) is 17.9. The van der Waals surface area contributed by atoms with E-state index in [1.807, 2.05) is 42.5 Å². The van der Waals surface area contributed by atoms with Gasteiger partial charge in [0.15, 0.2) is 4.21 Å². The summed E-state index contributed by atoms with van der Waals surface area (Å²) in [7, 11) is 1.67. The van der Waals surface area contributed by atoms with Crippen LogP contribution in [0, 0.1) is 6.92 Å². The van der Waals surface area contributed by atoms with E-state index in [0.717, 1.165) is 23.3 Å². The van der Waals surface area contributed by atoms with E-state index in [1.165, 1.54) is 5.56 Å². The standard InChI is InChI=1S/C18H16ClNO3S2/c1-13-18(25(19,21)22)24-17(20-13)15-9-5-6-10-16(15)23-12-11-14-7-3-2-4-8-14/h2-10H,11-12H2,1H3. The third kappa shape index (κ3) is 4.39. The Labute approximate surface area is 155 Å². The molecule has 0 saturated carbocycles. The second-order valence-corrected chi connectivity index (χ2v) is 9.17. The minimum Gasteiger partial charge on any atom is -0.493 e. The minimum absolute atomic E-state index is 0.0725. The van der Waals surface area contributed by atoms with Crippen LogP contribution in [0.15, 0.2) is 58.8 Å². The number of para-hydroxylation sites is 1. The lowest BCUT2D eigenvalue weighted by Gasteiger charge is -2.10. The fourth-order valence-corrected chi connectivity index (χ4v) is 4.90. The zero-order valence-corrected chi connectivity index (χ0v) is 15.9. The van der Waals surface area contributed by atoms with Crippen molar-refractivity contribution in [2.45, 2.75) is 17.6 Å². The van der Waals surface area contributed by atoms with Crippen molar-refractivity contribution in [3.63, 3.8) is 0 Å². The van der Waals surface area contributed by atoms with Gasteiger partial charge in [0, 0.05) is 17.1 Å². The van der Waals surface area contributed by atoms with Crippen LogP contribution < -0.4 is 4.74 Å². The van der Waals surface area contributed by atoms with Crippen molar-refractivity contribution >= 4 is 31.1 Å². The van der Waals surface area contributed by atoms with Gasteiger partial charge in [0.2, 0.25) is 0 Å². The molecule has 3 rings (SSSR count). The van der Waals surface area contributed by atoms with Crippen LogP contribution >= 0.6 is 22.0 Å². The monoisotopic (exact) mass is 393 g/mol. The third-order valence-electron chi connectivity index (χ3n) is 3.58. The summed E-state index contributed by atoms with van der Waals surface area (Å²) in [6.07, 6.45) is 0.785. The SMILES string of the molecule is Cc1nc(-c2ccccc2OCCc2ccccc2)sc1S(=O)(=O)Cl. The molecule has 1 heterocycles. The maximum absolute atomic E-state index is 11.6. The first-order chi connectivity index (χ1) is 11.9. The van der Waals surface area contributed by atoms with E-state index >= 15 is 0 Å². The maximum Gasteiger partial charge on any atom is 0.272 e. The molecule has 3 aromatic rings. The van der Waals surface area contributed by atoms with Crippen molar-refractivity contribution in [3.8, 4) is 16.3 Å². The highest BCUT2D eigenvalue weighted by atomic mass is 35.7. The summed E-state index contributed by atoms with van der Waals surface area (Å²) in [4.78, 5) is 4.35. The Balaban J connectivity index is 1.82. The van der Waals surface area contributed by atoms with Crippen molar-refractivity contribution < 1.29 is 13.2 Å². The fourth-order valence-electron chi connectivity index (χ4n) is 2.42. The Morgan fingerprint density at radius 2 is 1.76 bits per heavy atom. The number of rotatable bonds is 6. The molecule has 0 spiro atoms. The molecule has 0 bridgehead atoms. The van der Waals surface area contributed by atoms with Crippen LogP contribution in [0.2, 0.25) is 0 Å². The molecule has 0 amide bonds. The molecule has 4 nitrogen and oxygen atoms in total. The smallest absolute Gasteiger partial charge is 0.272 e. The number of hydrogen-bond donors (Lipinski definition) is 0. The molecule has 25 heavy (non-hydrogen) atoms. The van der Waals surface area contributed by atoms with Crippen LogP contribution in [0.1, 0.15) is 11.3 Å². The van der Waals surface area contributed by atoms with Gasteiger partial charge < -0.3 is 4.74 Å². The summed E-state index contributed by atoms with van der Waals surface area (Å²) in [5.41, 5.74) is 2.35. The summed E-state index contributed by atoms with van der Waals surface area (Å²) in [6, 6.07) is 17.5. The van der Waals surface area contributed by atoms with Crippen LogP contribution in [0.25, 0.3) is 10.6 Å². The van der Waals surface area contributed by atoms with Crippen LogP contribution in [0.3, 0.4) is 0 Å². The van der Waals surface area contributed by atoms with Gasteiger partial charge >= 0.3 is 0 Å². The van der Waals surface area contributed by atoms with Gasteiger partial charge in [0.1, 0.15) is 10.8 Å². The van der Waals surface area contributed by atoms with E-state index in [9.17, 15) is 8.42 Å². The number of aryl methyl sites for hydroxylation is 1. The average molecular weight is 394 g/mol. The third-order valence-corrected chi connectivity index (χ3v) is 6.95. The number of thiazole rings is 1. The van der Waals surface area contributed by atoms with Crippen LogP contribution in [-0.2, 0) is 15.5 Å². The topological polar surface area (TPSA) is 56.3 Å². The zero-order valence-electron chi connectivity index (χ0n) is 13.5. The van der Waals surface area contributed by atoms with Gasteiger partial charge in [-0.3, -0.25) is 0 Å². The molecule has 0 aliphatic rings. The predicted molar refractivity (Wildman–Crippen MR) is 101 cm³/mol. The Hall–Kier alpha value is -1.89. The molecule has 0 radical (unpaired) electrons. The van der Waals surface area contributed by atoms with Crippen molar-refractivity contribution in [1.82, 2.24) is 4.98 Å². The largest absolute Gasteiger partial charge is 0.493 e. The normalized spacial score (nSPS) is 11.4. The molecular formula is C18H16ClNO3S2. The highest BCUT2D eigenvalue weighted by Gasteiger charge is 2.21. The lowest BCUT2D eigenvalue weighted by Crippen LogP contribution is -2.02. The van der Waals surface area contributed by atoms with Gasteiger partial charge in [-0.1, -0.05) is 42.5 Å². The first-order valence-electron chi connectivity index (χ1n) is 7.63. The molecule has 0 saturated heterocycles. The molecule has 0 N–H and O–H groups in total. The Kier molecular flexibility index (Phi) is 5.42. The Morgan fingerprint density at radius 3 is 2.44 bits per heavy atom. The molecule has 0 unspecified atom stereocenters. The van der Waals surface area contributed by atoms with Gasteiger partial charge in [-0.05, 0) is 24.6 Å². The number of nitrogens with zero attached hydrogens (tertiary/aromatic N) is 1. The first-order valence-corrected chi connectivity index (χ1v) is 10.8. The average Bonchev–Trinajstić information content (AvgIpc) is 2.98. The summed E-state index contributed by atoms with van der Waals surface area (Å²) in [5, 5.41) is 0.576. The van der Waals surface area contributed by atoms with E-state index in [4.69, 9.17) is 15.4 Å². The van der Waals surface area contributed by atoms with E-state index in [2.05, 4.69) is 17.1 Å². The summed E-state index contributed by atoms with van der Waals surface area (Å²) >= 11 is 1.05. The Morgan fingerprint density at radius 1 is 1.08 bits per heavy atom. The van der Waals surface area contributed by atoms with E-state index in [-0.39, 0.29) is 4.21 Å². The van der Waals surface area contributed by atoms with Gasteiger partial charge in [0.25, 0.3) is 9.05 Å². The summed E-state index contributed by atoms with van der Waals surface area (Å²) in [5.74, 6) is 0.672. The molecule has 0 atom stereocenters. The van der Waals surface area contributed by atoms with Gasteiger partial charge in [0.05, 0.1) is 17.9 Å². The van der Waals surface area contributed by atoms with Crippen LogP contribution in [-0.4, -0.2) is 20.0 Å². The van der Waals surface area contributed by atoms with E-state index in [1.54, 1.807) is 6.92 Å². The number of benzene rings is 2. The van der Waals surface area contributed by atoms with E-state index < -0.39 is 9.05 Å². The number of ether oxygens (including phenoxy) is 1. The first kappa shape index (κ1) is 17.9. The van der Waals surface area contributed by atoms with Crippen LogP contribution in [0.4, 0.5) is 0 Å². The second-order valence-electron chi connectivity index (χ2n) is 5.41. The molecule has 7 heteroatoms. The van der Waals surface area contributed by atoms with E-state index in [0.29, 0.717) is 23.1 Å². The maximum atomic E-state index is 11.6. The number of hydrogen-bond acceptors (Lipinski definition) is 5. The Bertz CT molecular complexity index is 969. The lowest BCUT2D eigenvalue weighted by molar-refractivity contribution is 0.323. The van der Waals surface area contributed by atoms with Crippen molar-refractivity contribution in [3.05, 3.63) is 65.9 Å². The van der Waals surface area contributed by atoms with Crippen molar-refractivity contribution in [1.29, 1.82) is 0 Å². The van der Waals surface area contributed by atoms with Crippen molar-refractivity contribution in [2.24, 2.45) is 0 Å². The summed E-state index contributed by atoms with van der Waals surface area (Å²) < 4.78 is 29.2. The van der Waals surface area contributed by atoms with Gasteiger partial charge in [-0.2, -0.15) is 0 Å². The highest BCUT2D eigenvalue weighted by molar-refractivity contribution is 8.15. The quantitative estimate of drug-likeness (QED) is 0.571. The van der Waals surface area contributed by atoms with Gasteiger partial charge in [-0.15, -0.1) is 11.3 Å². The highest BCUT2D eigenvalue weighted by Crippen LogP contribution is 2.37. The molecule has 2 aromatic carbocycles. The molecule has 0 fully saturated rings. The number of halogens is 1. The van der Waals surface area contributed by atoms with Crippen LogP contribution in [0.5, 0.6) is 5.75 Å². The molecule has 0 aliphatic carbocycles. The molecular weight excluding hydrogens is 378 g/mol. The summed E-state index contributed by atoms with van der Waals surface area (Å²) in [6.45, 7) is 2.15. The van der Waals surface area contributed by atoms with Crippen molar-refractivity contribution in [2.75, 3.05) is 6.61 Å². The molecule has 0 aliphatic heterocycles. The lowest BCUT2D eigenvalue weighted by atomic mass is 10.1.